The van der Waals surface area contributed by atoms with Gasteiger partial charge in [-0.25, -0.2) is 0 Å². The molecule has 0 amide bonds. The molecule has 1 aliphatic heterocycles. The number of carboxylic acid groups (broad SMARTS) is 1. The van der Waals surface area contributed by atoms with Crippen LogP contribution in [0, 0.1) is 0 Å². The zero-order valence-electron chi connectivity index (χ0n) is 9.22. The average molecular weight is 228 g/mol. The van der Waals surface area contributed by atoms with Gasteiger partial charge in [-0.1, -0.05) is 36.4 Å². The molecule has 0 saturated carbocycles. The highest BCUT2D eigenvalue weighted by molar-refractivity contribution is 5.92. The summed E-state index contributed by atoms with van der Waals surface area (Å²) >= 11 is 0. The van der Waals surface area contributed by atoms with Gasteiger partial charge in [-0.05, 0) is 11.8 Å². The number of aliphatic carboxylic acids is 1. The molecule has 1 heterocycles. The van der Waals surface area contributed by atoms with Gasteiger partial charge in [0, 0.05) is 10.9 Å². The van der Waals surface area contributed by atoms with Crippen LogP contribution in [0.2, 0.25) is 0 Å². The number of hydrogen-bond donors (Lipinski definition) is 1. The van der Waals surface area contributed by atoms with Crippen molar-refractivity contribution in [1.82, 2.24) is 0 Å². The Morgan fingerprint density at radius 3 is 2.88 bits per heavy atom. The number of ether oxygens (including phenoxy) is 1. The van der Waals surface area contributed by atoms with Crippen LogP contribution >= 0.6 is 0 Å². The second kappa shape index (κ2) is 3.77. The summed E-state index contributed by atoms with van der Waals surface area (Å²) in [6, 6.07) is 11.7. The third-order valence-electron chi connectivity index (χ3n) is 3.24. The maximum absolute atomic E-state index is 11.2. The van der Waals surface area contributed by atoms with Crippen molar-refractivity contribution in [3.05, 3.63) is 42.0 Å². The second-order valence-corrected chi connectivity index (χ2v) is 4.23. The van der Waals surface area contributed by atoms with Crippen molar-refractivity contribution in [3.8, 4) is 5.75 Å². The van der Waals surface area contributed by atoms with Crippen LogP contribution in [-0.4, -0.2) is 17.7 Å². The molecule has 0 aliphatic carbocycles. The molecule has 0 fully saturated rings. The van der Waals surface area contributed by atoms with E-state index >= 15 is 0 Å². The normalized spacial score (nSPS) is 18.5. The third kappa shape index (κ3) is 1.55. The van der Waals surface area contributed by atoms with E-state index in [4.69, 9.17) is 4.74 Å². The van der Waals surface area contributed by atoms with Crippen molar-refractivity contribution >= 4 is 16.7 Å². The van der Waals surface area contributed by atoms with Gasteiger partial charge in [0.15, 0.2) is 0 Å². The summed E-state index contributed by atoms with van der Waals surface area (Å²) in [5, 5.41) is 11.3. The van der Waals surface area contributed by atoms with Crippen LogP contribution in [0.1, 0.15) is 17.9 Å². The van der Waals surface area contributed by atoms with Gasteiger partial charge in [0.05, 0.1) is 12.5 Å². The molecule has 2 aromatic carbocycles. The molecule has 1 N–H and O–H groups in total. The van der Waals surface area contributed by atoms with Crippen LogP contribution in [0.25, 0.3) is 10.8 Å². The molecule has 17 heavy (non-hydrogen) atoms. The predicted octanol–water partition coefficient (Wildman–Crippen LogP) is 2.79. The lowest BCUT2D eigenvalue weighted by molar-refractivity contribution is -0.139. The van der Waals surface area contributed by atoms with Gasteiger partial charge in [-0.15, -0.1) is 0 Å². The maximum atomic E-state index is 11.2. The fourth-order valence-electron chi connectivity index (χ4n) is 2.39. The summed E-state index contributed by atoms with van der Waals surface area (Å²) in [7, 11) is 0. The molecule has 0 radical (unpaired) electrons. The minimum atomic E-state index is -0.773. The molecule has 1 unspecified atom stereocenters. The first-order valence-corrected chi connectivity index (χ1v) is 5.64. The summed E-state index contributed by atoms with van der Waals surface area (Å²) < 4.78 is 5.65. The molecule has 0 aromatic heterocycles. The second-order valence-electron chi connectivity index (χ2n) is 4.23. The van der Waals surface area contributed by atoms with Crippen molar-refractivity contribution in [2.24, 2.45) is 0 Å². The molecule has 3 rings (SSSR count). The minimum Gasteiger partial charge on any atom is -0.493 e. The Morgan fingerprint density at radius 1 is 1.24 bits per heavy atom. The molecule has 3 heteroatoms. The smallest absolute Gasteiger partial charge is 0.311 e. The van der Waals surface area contributed by atoms with Crippen molar-refractivity contribution < 1.29 is 14.6 Å². The zero-order chi connectivity index (χ0) is 11.8. The molecule has 1 atom stereocenters. The fourth-order valence-corrected chi connectivity index (χ4v) is 2.39. The Bertz CT molecular complexity index is 589. The van der Waals surface area contributed by atoms with Crippen molar-refractivity contribution in [2.45, 2.75) is 12.3 Å². The highest BCUT2D eigenvalue weighted by Crippen LogP contribution is 2.39. The summed E-state index contributed by atoms with van der Waals surface area (Å²) in [6.07, 6.45) is 0.542. The topological polar surface area (TPSA) is 46.5 Å². The van der Waals surface area contributed by atoms with Crippen molar-refractivity contribution in [3.63, 3.8) is 0 Å². The number of carboxylic acids is 1. The van der Waals surface area contributed by atoms with E-state index in [1.54, 1.807) is 0 Å². The first-order chi connectivity index (χ1) is 8.27. The lowest BCUT2D eigenvalue weighted by atomic mass is 9.91. The molecule has 0 bridgehead atoms. The van der Waals surface area contributed by atoms with E-state index in [0.29, 0.717) is 13.0 Å². The van der Waals surface area contributed by atoms with Crippen molar-refractivity contribution in [1.29, 1.82) is 0 Å². The van der Waals surface area contributed by atoms with E-state index in [0.717, 1.165) is 22.1 Å². The Labute approximate surface area is 98.6 Å². The molecule has 0 spiro atoms. The molecule has 86 valence electrons. The summed E-state index contributed by atoms with van der Waals surface area (Å²) in [4.78, 5) is 11.2. The van der Waals surface area contributed by atoms with Gasteiger partial charge in [0.25, 0.3) is 0 Å². The molecular weight excluding hydrogens is 216 g/mol. The number of carbonyl (C=O) groups is 1. The van der Waals surface area contributed by atoms with Gasteiger partial charge >= 0.3 is 5.97 Å². The predicted molar refractivity (Wildman–Crippen MR) is 64.4 cm³/mol. The molecule has 1 aliphatic rings. The lowest BCUT2D eigenvalue weighted by Crippen LogP contribution is -2.20. The minimum absolute atomic E-state index is 0.441. The highest BCUT2D eigenvalue weighted by atomic mass is 16.5. The number of benzene rings is 2. The first-order valence-electron chi connectivity index (χ1n) is 5.64. The van der Waals surface area contributed by atoms with Crippen LogP contribution in [0.5, 0.6) is 5.75 Å². The van der Waals surface area contributed by atoms with Crippen LogP contribution in [-0.2, 0) is 4.79 Å². The number of fused-ring (bicyclic) bond motifs is 3. The Morgan fingerprint density at radius 2 is 2.06 bits per heavy atom. The Balaban J connectivity index is 2.26. The van der Waals surface area contributed by atoms with Gasteiger partial charge < -0.3 is 9.84 Å². The van der Waals surface area contributed by atoms with E-state index in [2.05, 4.69) is 0 Å². The monoisotopic (exact) mass is 228 g/mol. The Hall–Kier alpha value is -2.03. The highest BCUT2D eigenvalue weighted by Gasteiger charge is 2.28. The number of rotatable bonds is 1. The van der Waals surface area contributed by atoms with Crippen LogP contribution in [0.4, 0.5) is 0 Å². The van der Waals surface area contributed by atoms with Gasteiger partial charge in [0.2, 0.25) is 0 Å². The van der Waals surface area contributed by atoms with E-state index < -0.39 is 11.9 Å². The molecule has 0 saturated heterocycles. The number of hydrogen-bond acceptors (Lipinski definition) is 2. The first kappa shape index (κ1) is 10.1. The fraction of sp³-hybridized carbons (Fsp3) is 0.214. The Kier molecular flexibility index (Phi) is 2.25. The van der Waals surface area contributed by atoms with Crippen LogP contribution in [0.15, 0.2) is 36.4 Å². The third-order valence-corrected chi connectivity index (χ3v) is 3.24. The van der Waals surface area contributed by atoms with Crippen LogP contribution < -0.4 is 4.74 Å². The summed E-state index contributed by atoms with van der Waals surface area (Å²) in [6.45, 7) is 0.470. The molecule has 2 aromatic rings. The average Bonchev–Trinajstić information content (AvgIpc) is 2.37. The van der Waals surface area contributed by atoms with E-state index in [1.165, 1.54) is 0 Å². The van der Waals surface area contributed by atoms with E-state index in [-0.39, 0.29) is 0 Å². The lowest BCUT2D eigenvalue weighted by Gasteiger charge is -2.24. The molecular formula is C14H12O3. The maximum Gasteiger partial charge on any atom is 0.311 e. The zero-order valence-corrected chi connectivity index (χ0v) is 9.22. The summed E-state index contributed by atoms with van der Waals surface area (Å²) in [5.74, 6) is -0.477. The molecule has 3 nitrogen and oxygen atoms in total. The largest absolute Gasteiger partial charge is 0.493 e. The van der Waals surface area contributed by atoms with Crippen molar-refractivity contribution in [2.75, 3.05) is 6.61 Å². The van der Waals surface area contributed by atoms with Crippen LogP contribution in [0.3, 0.4) is 0 Å². The standard InChI is InChI=1S/C14H12O3/c15-14(16)12-7-8-17-13-10-4-2-1-3-9(10)5-6-11(12)13/h1-6,12H,7-8H2,(H,15,16). The van der Waals surface area contributed by atoms with E-state index in [9.17, 15) is 9.90 Å². The quantitative estimate of drug-likeness (QED) is 0.816. The van der Waals surface area contributed by atoms with Gasteiger partial charge in [-0.3, -0.25) is 4.79 Å². The SMILES string of the molecule is O=C(O)C1CCOc2c1ccc1ccccc21. The van der Waals surface area contributed by atoms with E-state index in [1.807, 2.05) is 36.4 Å². The summed E-state index contributed by atoms with van der Waals surface area (Å²) in [5.41, 5.74) is 0.794. The van der Waals surface area contributed by atoms with Gasteiger partial charge in [0.1, 0.15) is 5.75 Å². The van der Waals surface area contributed by atoms with Gasteiger partial charge in [-0.2, -0.15) is 0 Å².